The first kappa shape index (κ1) is 37.7. The van der Waals surface area contributed by atoms with Gasteiger partial charge in [0.15, 0.2) is 0 Å². The summed E-state index contributed by atoms with van der Waals surface area (Å²) in [6.07, 6.45) is 2.50. The van der Waals surface area contributed by atoms with Crippen molar-refractivity contribution < 1.29 is 28.7 Å². The van der Waals surface area contributed by atoms with E-state index in [0.717, 1.165) is 12.0 Å². The van der Waals surface area contributed by atoms with Crippen molar-refractivity contribution in [2.45, 2.75) is 118 Å². The third kappa shape index (κ3) is 10.7. The number of nitrogens with zero attached hydrogens (tertiary/aromatic N) is 2. The number of hydrogen-bond donors (Lipinski definition) is 1. The van der Waals surface area contributed by atoms with Gasteiger partial charge in [-0.05, 0) is 52.0 Å². The van der Waals surface area contributed by atoms with E-state index in [2.05, 4.69) is 5.32 Å². The fourth-order valence-electron chi connectivity index (χ4n) is 4.98. The molecule has 0 spiro atoms. The van der Waals surface area contributed by atoms with Crippen molar-refractivity contribution in [2.24, 2.45) is 5.41 Å². The second-order valence-corrected chi connectivity index (χ2v) is 13.8. The number of carbonyl (C=O) groups is 4. The molecule has 1 N–H and O–H groups in total. The maximum absolute atomic E-state index is 14.3. The van der Waals surface area contributed by atoms with Crippen LogP contribution in [-0.4, -0.2) is 78.1 Å². The number of esters is 1. The molecule has 0 heterocycles. The van der Waals surface area contributed by atoms with E-state index in [4.69, 9.17) is 9.47 Å². The van der Waals surface area contributed by atoms with Crippen LogP contribution in [0.25, 0.3) is 0 Å². The number of carbonyl (C=O) groups excluding carboxylic acids is 4. The summed E-state index contributed by atoms with van der Waals surface area (Å²) in [5.74, 6) is -1.21. The molecule has 242 valence electrons. The Labute approximate surface area is 259 Å². The maximum Gasteiger partial charge on any atom is 0.410 e. The van der Waals surface area contributed by atoms with Gasteiger partial charge in [-0.2, -0.15) is 0 Å². The van der Waals surface area contributed by atoms with Crippen molar-refractivity contribution in [1.29, 1.82) is 0 Å². The van der Waals surface area contributed by atoms with E-state index in [1.165, 1.54) is 4.90 Å². The molecule has 0 bridgehead atoms. The van der Waals surface area contributed by atoms with Crippen LogP contribution in [0.1, 0.15) is 94.6 Å². The van der Waals surface area contributed by atoms with Crippen molar-refractivity contribution >= 4 is 23.9 Å². The Hall–Kier alpha value is -3.36. The van der Waals surface area contributed by atoms with Crippen LogP contribution in [0.3, 0.4) is 0 Å². The van der Waals surface area contributed by atoms with E-state index in [1.807, 2.05) is 71.9 Å². The molecule has 0 saturated heterocycles. The van der Waals surface area contributed by atoms with Crippen LogP contribution in [-0.2, 0) is 29.3 Å². The number of amides is 3. The van der Waals surface area contributed by atoms with E-state index < -0.39 is 46.5 Å². The highest BCUT2D eigenvalue weighted by Gasteiger charge is 2.45. The molecule has 0 aromatic heterocycles. The lowest BCUT2D eigenvalue weighted by molar-refractivity contribution is -0.141. The predicted octanol–water partition coefficient (Wildman–Crippen LogP) is 5.87. The first-order valence-corrected chi connectivity index (χ1v) is 15.1. The minimum atomic E-state index is -1.01. The topological polar surface area (TPSA) is 105 Å². The van der Waals surface area contributed by atoms with E-state index in [1.54, 1.807) is 59.7 Å². The molecule has 9 heteroatoms. The highest BCUT2D eigenvalue weighted by Crippen LogP contribution is 2.32. The van der Waals surface area contributed by atoms with Gasteiger partial charge in [0.05, 0.1) is 12.6 Å². The maximum atomic E-state index is 14.3. The molecule has 3 atom stereocenters. The fraction of sp³-hybridized carbons (Fsp3) is 0.647. The Morgan fingerprint density at radius 3 is 1.93 bits per heavy atom. The van der Waals surface area contributed by atoms with Crippen molar-refractivity contribution in [3.8, 4) is 0 Å². The Kier molecular flexibility index (Phi) is 13.5. The summed E-state index contributed by atoms with van der Waals surface area (Å²) in [4.78, 5) is 56.9. The second-order valence-electron chi connectivity index (χ2n) is 13.8. The first-order valence-electron chi connectivity index (χ1n) is 15.1. The van der Waals surface area contributed by atoms with Crippen LogP contribution in [0.5, 0.6) is 0 Å². The quantitative estimate of drug-likeness (QED) is 0.237. The molecule has 3 amide bonds. The SMILES string of the molecule is CCC[C@@H](C=C(C)C(=O)OCC)N(C)C(=O)[C@@H](NC(=O)C(N(C)C(=O)OC(C)(C)C)C(C)(C)c1ccccc1)C(C)(C)C. The number of nitrogens with one attached hydrogen (secondary N) is 1. The van der Waals surface area contributed by atoms with Gasteiger partial charge in [0.2, 0.25) is 11.8 Å². The van der Waals surface area contributed by atoms with Crippen molar-refractivity contribution in [3.05, 3.63) is 47.5 Å². The number of hydrogen-bond acceptors (Lipinski definition) is 6. The van der Waals surface area contributed by atoms with Gasteiger partial charge in [-0.25, -0.2) is 9.59 Å². The molecule has 1 aromatic carbocycles. The van der Waals surface area contributed by atoms with Crippen LogP contribution < -0.4 is 5.32 Å². The number of likely N-dealkylation sites (N-methyl/N-ethyl adjacent to an activating group) is 2. The van der Waals surface area contributed by atoms with Crippen LogP contribution in [0.15, 0.2) is 42.0 Å². The Balaban J connectivity index is 3.56. The standard InChI is InChI=1S/C34H55N3O6/c1-14-19-25(22-23(3)30(40)42-15-2)36(12)29(39)26(32(4,5)6)35-28(38)27(37(13)31(41)43-33(7,8)9)34(10,11)24-20-17-16-18-21-24/h16-18,20-22,25-27H,14-15,19H2,1-13H3,(H,35,38)/t25-,26+,27?/m0/s1. The van der Waals surface area contributed by atoms with Gasteiger partial charge in [-0.1, -0.05) is 84.4 Å². The van der Waals surface area contributed by atoms with Gasteiger partial charge in [0.1, 0.15) is 17.7 Å². The molecule has 1 rings (SSSR count). The van der Waals surface area contributed by atoms with Crippen molar-refractivity contribution in [2.75, 3.05) is 20.7 Å². The fourth-order valence-corrected chi connectivity index (χ4v) is 4.98. The monoisotopic (exact) mass is 601 g/mol. The zero-order chi connectivity index (χ0) is 33.3. The summed E-state index contributed by atoms with van der Waals surface area (Å²) < 4.78 is 10.8. The molecular formula is C34H55N3O6. The lowest BCUT2D eigenvalue weighted by Gasteiger charge is -2.42. The van der Waals surface area contributed by atoms with E-state index in [-0.39, 0.29) is 18.6 Å². The van der Waals surface area contributed by atoms with Gasteiger partial charge in [0.25, 0.3) is 0 Å². The number of ether oxygens (including phenoxy) is 2. The molecule has 9 nitrogen and oxygen atoms in total. The minimum Gasteiger partial charge on any atom is -0.463 e. The molecule has 0 saturated carbocycles. The van der Waals surface area contributed by atoms with E-state index in [9.17, 15) is 19.2 Å². The molecule has 0 fully saturated rings. The van der Waals surface area contributed by atoms with E-state index >= 15 is 0 Å². The zero-order valence-electron chi connectivity index (χ0n) is 28.7. The number of benzene rings is 1. The summed E-state index contributed by atoms with van der Waals surface area (Å²) in [7, 11) is 3.23. The Morgan fingerprint density at radius 2 is 1.47 bits per heavy atom. The van der Waals surface area contributed by atoms with Gasteiger partial charge in [-0.3, -0.25) is 14.5 Å². The minimum absolute atomic E-state index is 0.258. The summed E-state index contributed by atoms with van der Waals surface area (Å²) in [5, 5.41) is 3.01. The Morgan fingerprint density at radius 1 is 0.907 bits per heavy atom. The number of rotatable bonds is 12. The van der Waals surface area contributed by atoms with Gasteiger partial charge in [-0.15, -0.1) is 0 Å². The largest absolute Gasteiger partial charge is 0.463 e. The van der Waals surface area contributed by atoms with Crippen molar-refractivity contribution in [3.63, 3.8) is 0 Å². The Bertz CT molecular complexity index is 1130. The average molecular weight is 602 g/mol. The van der Waals surface area contributed by atoms with Crippen LogP contribution in [0.4, 0.5) is 4.79 Å². The first-order chi connectivity index (χ1) is 19.7. The predicted molar refractivity (Wildman–Crippen MR) is 170 cm³/mol. The van der Waals surface area contributed by atoms with Crippen LogP contribution >= 0.6 is 0 Å². The van der Waals surface area contributed by atoms with Crippen LogP contribution in [0.2, 0.25) is 0 Å². The lowest BCUT2D eigenvalue weighted by Crippen LogP contribution is -2.63. The second kappa shape index (κ2) is 15.4. The highest BCUT2D eigenvalue weighted by molar-refractivity contribution is 5.93. The summed E-state index contributed by atoms with van der Waals surface area (Å²) in [6.45, 7) is 20.4. The summed E-state index contributed by atoms with van der Waals surface area (Å²) in [6, 6.07) is 7.16. The summed E-state index contributed by atoms with van der Waals surface area (Å²) in [5.41, 5.74) is -1.02. The third-order valence-corrected chi connectivity index (χ3v) is 7.39. The smallest absolute Gasteiger partial charge is 0.410 e. The molecule has 43 heavy (non-hydrogen) atoms. The normalized spacial score (nSPS) is 14.7. The van der Waals surface area contributed by atoms with Gasteiger partial charge in [0, 0.05) is 25.1 Å². The molecule has 0 aliphatic heterocycles. The molecule has 1 unspecified atom stereocenters. The van der Waals surface area contributed by atoms with Gasteiger partial charge < -0.3 is 19.7 Å². The molecule has 1 aromatic rings. The molecule has 0 aliphatic carbocycles. The third-order valence-electron chi connectivity index (χ3n) is 7.39. The van der Waals surface area contributed by atoms with E-state index in [0.29, 0.717) is 12.0 Å². The zero-order valence-corrected chi connectivity index (χ0v) is 28.7. The average Bonchev–Trinajstić information content (AvgIpc) is 2.89. The summed E-state index contributed by atoms with van der Waals surface area (Å²) >= 11 is 0. The van der Waals surface area contributed by atoms with Gasteiger partial charge >= 0.3 is 12.1 Å². The van der Waals surface area contributed by atoms with Crippen molar-refractivity contribution in [1.82, 2.24) is 15.1 Å². The highest BCUT2D eigenvalue weighted by atomic mass is 16.6. The molecular weight excluding hydrogens is 546 g/mol. The molecule has 0 radical (unpaired) electrons. The van der Waals surface area contributed by atoms with Crippen LogP contribution in [0, 0.1) is 5.41 Å². The lowest BCUT2D eigenvalue weighted by atomic mass is 9.76. The molecule has 0 aliphatic rings.